The molecule has 2 atom stereocenters. The highest BCUT2D eigenvalue weighted by molar-refractivity contribution is 7.81. The van der Waals surface area contributed by atoms with Crippen molar-refractivity contribution in [2.45, 2.75) is 30.3 Å². The number of hydrogen-bond donors (Lipinski definition) is 2. The Morgan fingerprint density at radius 3 is 2.17 bits per heavy atom. The van der Waals surface area contributed by atoms with Gasteiger partial charge in [-0.05, 0) is 18.1 Å². The largest absolute Gasteiger partial charge is 0.348 e. The van der Waals surface area contributed by atoms with Gasteiger partial charge in [-0.25, -0.2) is 0 Å². The molecule has 0 N–H and O–H groups in total. The summed E-state index contributed by atoms with van der Waals surface area (Å²) in [5, 5.41) is 0.171. The molecule has 0 saturated heterocycles. The lowest BCUT2D eigenvalue weighted by Gasteiger charge is -2.16. The van der Waals surface area contributed by atoms with Crippen LogP contribution in [0.2, 0.25) is 0 Å². The molecular weight excluding hydrogens is 190 g/mol. The summed E-state index contributed by atoms with van der Waals surface area (Å²) in [6.45, 7) is 2.02. The summed E-state index contributed by atoms with van der Waals surface area (Å²) in [5.74, 6) is 0.0762. The molecule has 2 nitrogen and oxygen atoms in total. The molecule has 2 unspecified atom stereocenters. The number of amides is 1. The van der Waals surface area contributed by atoms with Gasteiger partial charge in [-0.2, -0.15) is 25.3 Å². The molecule has 0 aliphatic carbocycles. The van der Waals surface area contributed by atoms with Gasteiger partial charge in [0.15, 0.2) is 0 Å². The first-order chi connectivity index (χ1) is 5.45. The van der Waals surface area contributed by atoms with E-state index in [2.05, 4.69) is 25.3 Å². The molecule has 0 aromatic carbocycles. The summed E-state index contributed by atoms with van der Waals surface area (Å²) in [7, 11) is 3.49. The van der Waals surface area contributed by atoms with E-state index in [9.17, 15) is 4.79 Å². The SMILES string of the molecule is CC(S)CCC(S)C(=O)N(C)C. The van der Waals surface area contributed by atoms with Gasteiger partial charge in [0.2, 0.25) is 5.91 Å². The molecular formula is C8H17NOS2. The zero-order valence-corrected chi connectivity index (χ0v) is 9.61. The zero-order chi connectivity index (χ0) is 9.72. The maximum Gasteiger partial charge on any atom is 0.234 e. The van der Waals surface area contributed by atoms with Gasteiger partial charge >= 0.3 is 0 Å². The van der Waals surface area contributed by atoms with Gasteiger partial charge in [0, 0.05) is 14.1 Å². The highest BCUT2D eigenvalue weighted by Gasteiger charge is 2.15. The van der Waals surface area contributed by atoms with Crippen molar-refractivity contribution in [3.05, 3.63) is 0 Å². The number of rotatable bonds is 4. The van der Waals surface area contributed by atoms with E-state index < -0.39 is 0 Å². The van der Waals surface area contributed by atoms with Crippen LogP contribution in [-0.4, -0.2) is 35.4 Å². The van der Waals surface area contributed by atoms with Crippen molar-refractivity contribution < 1.29 is 4.79 Å². The molecule has 0 aromatic heterocycles. The van der Waals surface area contributed by atoms with Gasteiger partial charge in [0.1, 0.15) is 0 Å². The molecule has 0 radical (unpaired) electrons. The molecule has 4 heteroatoms. The predicted octanol–water partition coefficient (Wildman–Crippen LogP) is 1.47. The molecule has 1 amide bonds. The lowest BCUT2D eigenvalue weighted by atomic mass is 10.2. The lowest BCUT2D eigenvalue weighted by molar-refractivity contribution is -0.128. The smallest absolute Gasteiger partial charge is 0.234 e. The molecule has 0 saturated carbocycles. The Morgan fingerprint density at radius 1 is 1.33 bits per heavy atom. The Bertz CT molecular complexity index is 148. The van der Waals surface area contributed by atoms with E-state index in [-0.39, 0.29) is 11.2 Å². The monoisotopic (exact) mass is 207 g/mol. The Hall–Kier alpha value is 0.170. The van der Waals surface area contributed by atoms with Crippen LogP contribution in [0.25, 0.3) is 0 Å². The van der Waals surface area contributed by atoms with Crippen molar-refractivity contribution in [2.24, 2.45) is 0 Å². The highest BCUT2D eigenvalue weighted by atomic mass is 32.1. The number of hydrogen-bond acceptors (Lipinski definition) is 3. The third kappa shape index (κ3) is 4.93. The second-order valence-corrected chi connectivity index (χ2v) is 4.68. The van der Waals surface area contributed by atoms with Crippen LogP contribution in [0.4, 0.5) is 0 Å². The van der Waals surface area contributed by atoms with Crippen LogP contribution in [0.3, 0.4) is 0 Å². The Morgan fingerprint density at radius 2 is 1.83 bits per heavy atom. The van der Waals surface area contributed by atoms with Crippen LogP contribution >= 0.6 is 25.3 Å². The Balaban J connectivity index is 3.72. The molecule has 12 heavy (non-hydrogen) atoms. The van der Waals surface area contributed by atoms with Crippen LogP contribution in [0, 0.1) is 0 Å². The van der Waals surface area contributed by atoms with Gasteiger partial charge in [0.05, 0.1) is 5.25 Å². The minimum atomic E-state index is -0.172. The van der Waals surface area contributed by atoms with Gasteiger partial charge in [-0.3, -0.25) is 4.79 Å². The fourth-order valence-electron chi connectivity index (χ4n) is 0.821. The zero-order valence-electron chi connectivity index (χ0n) is 7.82. The molecule has 0 rings (SSSR count). The van der Waals surface area contributed by atoms with Gasteiger partial charge < -0.3 is 4.90 Å². The van der Waals surface area contributed by atoms with Crippen LogP contribution < -0.4 is 0 Å². The predicted molar refractivity (Wildman–Crippen MR) is 59.2 cm³/mol. The summed E-state index contributed by atoms with van der Waals surface area (Å²) in [4.78, 5) is 12.9. The van der Waals surface area contributed by atoms with Crippen LogP contribution in [0.1, 0.15) is 19.8 Å². The number of thiol groups is 2. The molecule has 0 aliphatic rings. The fourth-order valence-corrected chi connectivity index (χ4v) is 1.35. The molecule has 0 aliphatic heterocycles. The van der Waals surface area contributed by atoms with E-state index in [0.29, 0.717) is 5.25 Å². The summed E-state index contributed by atoms with van der Waals surface area (Å²) in [6, 6.07) is 0. The topological polar surface area (TPSA) is 20.3 Å². The maximum atomic E-state index is 11.3. The normalized spacial score (nSPS) is 15.4. The van der Waals surface area contributed by atoms with Gasteiger partial charge in [-0.1, -0.05) is 6.92 Å². The number of carbonyl (C=O) groups is 1. The molecule has 72 valence electrons. The van der Waals surface area contributed by atoms with E-state index in [1.165, 1.54) is 0 Å². The summed E-state index contributed by atoms with van der Waals surface area (Å²) in [5.41, 5.74) is 0. The average molecular weight is 207 g/mol. The quantitative estimate of drug-likeness (QED) is 0.669. The third-order valence-electron chi connectivity index (χ3n) is 1.58. The molecule has 0 spiro atoms. The number of nitrogens with zero attached hydrogens (tertiary/aromatic N) is 1. The Kier molecular flexibility index (Phi) is 5.84. The minimum Gasteiger partial charge on any atom is -0.348 e. The third-order valence-corrected chi connectivity index (χ3v) is 2.32. The summed E-state index contributed by atoms with van der Waals surface area (Å²) < 4.78 is 0. The fraction of sp³-hybridized carbons (Fsp3) is 0.875. The molecule has 0 heterocycles. The molecule has 0 aromatic rings. The second-order valence-electron chi connectivity index (χ2n) is 3.17. The van der Waals surface area contributed by atoms with E-state index >= 15 is 0 Å². The van der Waals surface area contributed by atoms with Gasteiger partial charge in [0.25, 0.3) is 0 Å². The average Bonchev–Trinajstić information content (AvgIpc) is 1.98. The van der Waals surface area contributed by atoms with Crippen LogP contribution in [0.15, 0.2) is 0 Å². The van der Waals surface area contributed by atoms with Crippen molar-refractivity contribution in [1.29, 1.82) is 0 Å². The summed E-state index contributed by atoms with van der Waals surface area (Å²) in [6.07, 6.45) is 1.72. The van der Waals surface area contributed by atoms with Crippen molar-refractivity contribution in [2.75, 3.05) is 14.1 Å². The maximum absolute atomic E-state index is 11.3. The first-order valence-corrected chi connectivity index (χ1v) is 5.05. The first-order valence-electron chi connectivity index (χ1n) is 4.02. The van der Waals surface area contributed by atoms with Crippen LogP contribution in [0.5, 0.6) is 0 Å². The number of carbonyl (C=O) groups excluding carboxylic acids is 1. The Labute approximate surface area is 85.5 Å². The standard InChI is InChI=1S/C8H17NOS2/c1-6(11)4-5-7(12)8(10)9(2)3/h6-7,11-12H,4-5H2,1-3H3. The van der Waals surface area contributed by atoms with Crippen molar-refractivity contribution in [1.82, 2.24) is 4.90 Å². The van der Waals surface area contributed by atoms with Crippen LogP contribution in [-0.2, 0) is 4.79 Å². The molecule has 0 fully saturated rings. The minimum absolute atomic E-state index is 0.0762. The van der Waals surface area contributed by atoms with E-state index in [4.69, 9.17) is 0 Å². The second kappa shape index (κ2) is 5.75. The van der Waals surface area contributed by atoms with Crippen molar-refractivity contribution >= 4 is 31.2 Å². The van der Waals surface area contributed by atoms with Gasteiger partial charge in [-0.15, -0.1) is 0 Å². The summed E-state index contributed by atoms with van der Waals surface area (Å²) >= 11 is 8.45. The van der Waals surface area contributed by atoms with Crippen molar-refractivity contribution in [3.8, 4) is 0 Å². The first kappa shape index (κ1) is 12.2. The van der Waals surface area contributed by atoms with E-state index in [1.54, 1.807) is 19.0 Å². The highest BCUT2D eigenvalue weighted by Crippen LogP contribution is 2.11. The molecule has 0 bridgehead atoms. The van der Waals surface area contributed by atoms with E-state index in [0.717, 1.165) is 12.8 Å². The van der Waals surface area contributed by atoms with Crippen molar-refractivity contribution in [3.63, 3.8) is 0 Å². The lowest BCUT2D eigenvalue weighted by Crippen LogP contribution is -2.30. The van der Waals surface area contributed by atoms with E-state index in [1.807, 2.05) is 6.92 Å².